The van der Waals surface area contributed by atoms with Gasteiger partial charge >= 0.3 is 6.09 Å². The number of primary amides is 1. The van der Waals surface area contributed by atoms with Crippen LogP contribution >= 0.6 is 11.6 Å². The van der Waals surface area contributed by atoms with Gasteiger partial charge in [0.25, 0.3) is 0 Å². The SMILES string of the molecule is NC(=O)OC1c2ccc(-c3ccc(Cl)cc3)cc2CCC12CC2. The van der Waals surface area contributed by atoms with Crippen LogP contribution in [0.3, 0.4) is 0 Å². The number of hydrogen-bond acceptors (Lipinski definition) is 2. The van der Waals surface area contributed by atoms with E-state index in [1.54, 1.807) is 0 Å². The second-order valence-electron chi connectivity index (χ2n) is 6.60. The van der Waals surface area contributed by atoms with Gasteiger partial charge in [0.2, 0.25) is 0 Å². The average molecular weight is 328 g/mol. The third-order valence-electron chi connectivity index (χ3n) is 5.18. The maximum atomic E-state index is 11.3. The van der Waals surface area contributed by atoms with Crippen LogP contribution in [0.25, 0.3) is 11.1 Å². The van der Waals surface area contributed by atoms with E-state index >= 15 is 0 Å². The Bertz CT molecular complexity index is 765. The fourth-order valence-corrected chi connectivity index (χ4v) is 3.85. The molecule has 1 spiro atoms. The number of carbonyl (C=O) groups excluding carboxylic acids is 1. The monoisotopic (exact) mass is 327 g/mol. The topological polar surface area (TPSA) is 52.3 Å². The van der Waals surface area contributed by atoms with Crippen LogP contribution in [0.1, 0.15) is 36.5 Å². The number of ether oxygens (including phenoxy) is 1. The second-order valence-corrected chi connectivity index (χ2v) is 7.04. The molecule has 23 heavy (non-hydrogen) atoms. The Balaban J connectivity index is 1.72. The van der Waals surface area contributed by atoms with Crippen molar-refractivity contribution in [1.82, 2.24) is 0 Å². The molecular formula is C19H18ClNO2. The molecule has 1 atom stereocenters. The summed E-state index contributed by atoms with van der Waals surface area (Å²) >= 11 is 5.96. The van der Waals surface area contributed by atoms with Crippen molar-refractivity contribution in [2.24, 2.45) is 11.1 Å². The number of aryl methyl sites for hydroxylation is 1. The molecule has 0 aromatic heterocycles. The summed E-state index contributed by atoms with van der Waals surface area (Å²) in [4.78, 5) is 11.3. The van der Waals surface area contributed by atoms with E-state index in [2.05, 4.69) is 18.2 Å². The van der Waals surface area contributed by atoms with Crippen molar-refractivity contribution in [3.63, 3.8) is 0 Å². The normalized spacial score (nSPS) is 20.8. The molecule has 1 unspecified atom stereocenters. The number of carbonyl (C=O) groups is 1. The third-order valence-corrected chi connectivity index (χ3v) is 5.43. The molecule has 118 valence electrons. The number of amides is 1. The molecule has 4 heteroatoms. The van der Waals surface area contributed by atoms with Crippen LogP contribution in [0.15, 0.2) is 42.5 Å². The van der Waals surface area contributed by atoms with Gasteiger partial charge < -0.3 is 10.5 Å². The molecule has 0 saturated heterocycles. The maximum absolute atomic E-state index is 11.3. The molecule has 1 saturated carbocycles. The lowest BCUT2D eigenvalue weighted by Gasteiger charge is -2.33. The molecule has 2 aliphatic rings. The van der Waals surface area contributed by atoms with Gasteiger partial charge in [0.1, 0.15) is 6.10 Å². The number of rotatable bonds is 2. The van der Waals surface area contributed by atoms with Gasteiger partial charge in [0.15, 0.2) is 0 Å². The molecule has 2 N–H and O–H groups in total. The highest BCUT2D eigenvalue weighted by atomic mass is 35.5. The largest absolute Gasteiger partial charge is 0.441 e. The lowest BCUT2D eigenvalue weighted by molar-refractivity contribution is 0.0471. The van der Waals surface area contributed by atoms with Crippen molar-refractivity contribution in [2.75, 3.05) is 0 Å². The highest BCUT2D eigenvalue weighted by Gasteiger charge is 2.54. The molecular weight excluding hydrogens is 310 g/mol. The van der Waals surface area contributed by atoms with E-state index in [1.807, 2.05) is 24.3 Å². The summed E-state index contributed by atoms with van der Waals surface area (Å²) in [5.74, 6) is 0. The third kappa shape index (κ3) is 2.59. The van der Waals surface area contributed by atoms with Gasteiger partial charge in [0, 0.05) is 10.4 Å². The van der Waals surface area contributed by atoms with E-state index in [1.165, 1.54) is 5.56 Å². The first kappa shape index (κ1) is 14.6. The predicted octanol–water partition coefficient (Wildman–Crippen LogP) is 4.87. The van der Waals surface area contributed by atoms with E-state index in [9.17, 15) is 4.79 Å². The fourth-order valence-electron chi connectivity index (χ4n) is 3.72. The zero-order valence-corrected chi connectivity index (χ0v) is 13.5. The standard InChI is InChI=1S/C19H18ClNO2/c20-15-4-1-12(2-5-15)13-3-6-16-14(11-13)7-8-19(9-10-19)17(16)23-18(21)22/h1-6,11,17H,7-10H2,(H2,21,22). The van der Waals surface area contributed by atoms with Crippen molar-refractivity contribution in [2.45, 2.75) is 31.8 Å². The van der Waals surface area contributed by atoms with Crippen molar-refractivity contribution >= 4 is 17.7 Å². The number of benzene rings is 2. The minimum Gasteiger partial charge on any atom is -0.441 e. The first-order chi connectivity index (χ1) is 11.1. The van der Waals surface area contributed by atoms with Gasteiger partial charge in [-0.25, -0.2) is 4.79 Å². The lowest BCUT2D eigenvalue weighted by atomic mass is 9.78. The molecule has 2 aliphatic carbocycles. The summed E-state index contributed by atoms with van der Waals surface area (Å²) < 4.78 is 5.48. The zero-order valence-electron chi connectivity index (χ0n) is 12.7. The van der Waals surface area contributed by atoms with Crippen LogP contribution in [0.5, 0.6) is 0 Å². The Morgan fingerprint density at radius 2 is 1.78 bits per heavy atom. The Hall–Kier alpha value is -2.00. The van der Waals surface area contributed by atoms with Crippen molar-refractivity contribution in [1.29, 1.82) is 0 Å². The first-order valence-corrected chi connectivity index (χ1v) is 8.30. The minimum atomic E-state index is -0.684. The maximum Gasteiger partial charge on any atom is 0.405 e. The summed E-state index contributed by atoms with van der Waals surface area (Å²) in [6, 6.07) is 14.2. The van der Waals surface area contributed by atoms with Crippen LogP contribution in [-0.2, 0) is 11.2 Å². The van der Waals surface area contributed by atoms with Gasteiger partial charge in [-0.15, -0.1) is 0 Å². The van der Waals surface area contributed by atoms with Gasteiger partial charge in [-0.2, -0.15) is 0 Å². The van der Waals surface area contributed by atoms with E-state index < -0.39 is 6.09 Å². The predicted molar refractivity (Wildman–Crippen MR) is 90.3 cm³/mol. The molecule has 3 nitrogen and oxygen atoms in total. The molecule has 0 aliphatic heterocycles. The Morgan fingerprint density at radius 3 is 2.43 bits per heavy atom. The van der Waals surface area contributed by atoms with Gasteiger partial charge in [-0.3, -0.25) is 0 Å². The molecule has 4 rings (SSSR count). The van der Waals surface area contributed by atoms with Gasteiger partial charge in [-0.1, -0.05) is 41.9 Å². The molecule has 1 amide bonds. The number of fused-ring (bicyclic) bond motifs is 1. The number of halogens is 1. The molecule has 2 aromatic rings. The smallest absolute Gasteiger partial charge is 0.405 e. The van der Waals surface area contributed by atoms with E-state index in [0.717, 1.165) is 47.4 Å². The van der Waals surface area contributed by atoms with Crippen molar-refractivity contribution in [3.05, 3.63) is 58.6 Å². The van der Waals surface area contributed by atoms with Crippen molar-refractivity contribution in [3.8, 4) is 11.1 Å². The van der Waals surface area contributed by atoms with Gasteiger partial charge in [0.05, 0.1) is 0 Å². The van der Waals surface area contributed by atoms with Crippen LogP contribution in [-0.4, -0.2) is 6.09 Å². The highest BCUT2D eigenvalue weighted by Crippen LogP contribution is 2.62. The highest BCUT2D eigenvalue weighted by molar-refractivity contribution is 6.30. The quantitative estimate of drug-likeness (QED) is 0.855. The van der Waals surface area contributed by atoms with E-state index in [0.29, 0.717) is 0 Å². The van der Waals surface area contributed by atoms with Crippen LogP contribution in [0.4, 0.5) is 4.79 Å². The average Bonchev–Trinajstić information content (AvgIpc) is 3.31. The Labute approximate surface area is 140 Å². The first-order valence-electron chi connectivity index (χ1n) is 7.92. The molecule has 0 bridgehead atoms. The van der Waals surface area contributed by atoms with Gasteiger partial charge in [-0.05, 0) is 60.1 Å². The zero-order chi connectivity index (χ0) is 16.0. The van der Waals surface area contributed by atoms with E-state index in [4.69, 9.17) is 22.1 Å². The van der Waals surface area contributed by atoms with Crippen LogP contribution in [0, 0.1) is 5.41 Å². The Kier molecular flexibility index (Phi) is 3.34. The fraction of sp³-hybridized carbons (Fsp3) is 0.316. The summed E-state index contributed by atoms with van der Waals surface area (Å²) in [5, 5.41) is 0.734. The summed E-state index contributed by atoms with van der Waals surface area (Å²) in [7, 11) is 0. The minimum absolute atomic E-state index is 0.129. The van der Waals surface area contributed by atoms with E-state index in [-0.39, 0.29) is 11.5 Å². The van der Waals surface area contributed by atoms with Crippen molar-refractivity contribution < 1.29 is 9.53 Å². The molecule has 2 aromatic carbocycles. The van der Waals surface area contributed by atoms with Crippen LogP contribution < -0.4 is 5.73 Å². The summed E-state index contributed by atoms with van der Waals surface area (Å²) in [5.41, 5.74) is 10.1. The lowest BCUT2D eigenvalue weighted by Crippen LogP contribution is -2.28. The number of hydrogen-bond donors (Lipinski definition) is 1. The molecule has 0 radical (unpaired) electrons. The number of nitrogens with two attached hydrogens (primary N) is 1. The summed E-state index contributed by atoms with van der Waals surface area (Å²) in [6.07, 6.45) is 3.43. The molecule has 0 heterocycles. The molecule has 1 fully saturated rings. The van der Waals surface area contributed by atoms with Crippen LogP contribution in [0.2, 0.25) is 5.02 Å². The second kappa shape index (κ2) is 5.27. The Morgan fingerprint density at radius 1 is 1.09 bits per heavy atom. The summed E-state index contributed by atoms with van der Waals surface area (Å²) in [6.45, 7) is 0.